The van der Waals surface area contributed by atoms with E-state index in [1.807, 2.05) is 0 Å². The van der Waals surface area contributed by atoms with Crippen LogP contribution in [0.3, 0.4) is 0 Å². The molecular formula is C22H16BrNO5. The first-order valence-corrected chi connectivity index (χ1v) is 9.31. The van der Waals surface area contributed by atoms with E-state index in [4.69, 9.17) is 9.47 Å². The van der Waals surface area contributed by atoms with Gasteiger partial charge < -0.3 is 9.47 Å². The van der Waals surface area contributed by atoms with Crippen LogP contribution in [0.25, 0.3) is 0 Å². The van der Waals surface area contributed by atoms with E-state index < -0.39 is 5.97 Å². The Kier molecular flexibility index (Phi) is 6.19. The number of benzene rings is 2. The number of methoxy groups -OCH3 is 2. The molecule has 1 aromatic heterocycles. The van der Waals surface area contributed by atoms with E-state index in [0.29, 0.717) is 11.3 Å². The minimum atomic E-state index is -0.713. The maximum Gasteiger partial charge on any atom is 0.338 e. The average molecular weight is 454 g/mol. The number of ketones is 2. The number of hydrogen-bond acceptors (Lipinski definition) is 6. The van der Waals surface area contributed by atoms with E-state index in [2.05, 4.69) is 20.9 Å². The van der Waals surface area contributed by atoms with Crippen LogP contribution in [0.1, 0.15) is 42.3 Å². The second-order valence-corrected chi connectivity index (χ2v) is 6.92. The van der Waals surface area contributed by atoms with E-state index in [1.54, 1.807) is 36.4 Å². The van der Waals surface area contributed by atoms with Crippen molar-refractivity contribution in [3.8, 4) is 5.75 Å². The molecule has 6 nitrogen and oxygen atoms in total. The van der Waals surface area contributed by atoms with Gasteiger partial charge in [0, 0.05) is 27.4 Å². The first-order chi connectivity index (χ1) is 13.9. The fraction of sp³-hybridized carbons (Fsp3) is 0.0909. The van der Waals surface area contributed by atoms with Crippen molar-refractivity contribution in [2.75, 3.05) is 14.2 Å². The van der Waals surface area contributed by atoms with Crippen molar-refractivity contribution in [1.82, 2.24) is 4.98 Å². The summed E-state index contributed by atoms with van der Waals surface area (Å²) >= 11 is 3.27. The number of rotatable bonds is 6. The van der Waals surface area contributed by atoms with Crippen LogP contribution in [0.4, 0.5) is 0 Å². The number of pyridine rings is 1. The molecule has 0 amide bonds. The molecular weight excluding hydrogens is 438 g/mol. The Bertz CT molecular complexity index is 1090. The molecule has 0 atom stereocenters. The first kappa shape index (κ1) is 20.4. The average Bonchev–Trinajstić information content (AvgIpc) is 2.77. The maximum atomic E-state index is 13.0. The van der Waals surface area contributed by atoms with Gasteiger partial charge >= 0.3 is 5.97 Å². The first-order valence-electron chi connectivity index (χ1n) is 8.52. The van der Waals surface area contributed by atoms with Crippen LogP contribution in [0, 0.1) is 0 Å². The highest BCUT2D eigenvalue weighted by Gasteiger charge is 2.22. The fourth-order valence-electron chi connectivity index (χ4n) is 2.74. The zero-order valence-corrected chi connectivity index (χ0v) is 17.2. The van der Waals surface area contributed by atoms with Gasteiger partial charge in [0.15, 0.2) is 5.78 Å². The summed E-state index contributed by atoms with van der Waals surface area (Å²) < 4.78 is 10.7. The second-order valence-electron chi connectivity index (χ2n) is 6.00. The molecule has 146 valence electrons. The lowest BCUT2D eigenvalue weighted by Gasteiger charge is -2.10. The minimum Gasteiger partial charge on any atom is -0.497 e. The zero-order valence-electron chi connectivity index (χ0n) is 15.6. The molecule has 0 aliphatic carbocycles. The van der Waals surface area contributed by atoms with Crippen LogP contribution < -0.4 is 4.74 Å². The van der Waals surface area contributed by atoms with Gasteiger partial charge in [-0.15, -0.1) is 0 Å². The Morgan fingerprint density at radius 2 is 1.62 bits per heavy atom. The highest BCUT2D eigenvalue weighted by atomic mass is 79.9. The summed E-state index contributed by atoms with van der Waals surface area (Å²) in [7, 11) is 2.72. The van der Waals surface area contributed by atoms with Crippen LogP contribution in [-0.4, -0.2) is 36.7 Å². The predicted molar refractivity (Wildman–Crippen MR) is 110 cm³/mol. The lowest BCUT2D eigenvalue weighted by molar-refractivity contribution is 0.0597. The molecule has 0 aliphatic rings. The quantitative estimate of drug-likeness (QED) is 0.412. The number of ether oxygens (including phenoxy) is 2. The molecule has 3 rings (SSSR count). The summed E-state index contributed by atoms with van der Waals surface area (Å²) in [4.78, 5) is 42.1. The Morgan fingerprint density at radius 3 is 2.28 bits per heavy atom. The second kappa shape index (κ2) is 8.79. The number of aromatic nitrogens is 1. The Hall–Kier alpha value is -3.32. The molecule has 0 saturated heterocycles. The van der Waals surface area contributed by atoms with Gasteiger partial charge in [-0.2, -0.15) is 0 Å². The minimum absolute atomic E-state index is 0.00304. The van der Waals surface area contributed by atoms with Crippen molar-refractivity contribution < 1.29 is 23.9 Å². The van der Waals surface area contributed by atoms with Gasteiger partial charge in [0.25, 0.3) is 0 Å². The summed E-state index contributed by atoms with van der Waals surface area (Å²) in [5, 5.41) is 0. The van der Waals surface area contributed by atoms with Crippen LogP contribution >= 0.6 is 15.9 Å². The summed E-state index contributed by atoms with van der Waals surface area (Å²) in [6.45, 7) is 0. The van der Waals surface area contributed by atoms with Crippen molar-refractivity contribution in [1.29, 1.82) is 0 Å². The Morgan fingerprint density at radius 1 is 0.862 bits per heavy atom. The smallest absolute Gasteiger partial charge is 0.338 e. The number of carbonyl (C=O) groups is 3. The molecule has 2 aromatic carbocycles. The molecule has 7 heteroatoms. The third kappa shape index (κ3) is 4.41. The molecule has 0 bridgehead atoms. The summed E-state index contributed by atoms with van der Waals surface area (Å²) in [5.41, 5.74) is 0.926. The lowest BCUT2D eigenvalue weighted by atomic mass is 9.94. The third-order valence-electron chi connectivity index (χ3n) is 4.22. The van der Waals surface area contributed by atoms with Gasteiger partial charge in [-0.05, 0) is 52.3 Å². The molecule has 3 aromatic rings. The van der Waals surface area contributed by atoms with Crippen LogP contribution in [0.5, 0.6) is 5.75 Å². The lowest BCUT2D eigenvalue weighted by Crippen LogP contribution is -2.14. The summed E-state index contributed by atoms with van der Waals surface area (Å²) in [5.74, 6) is -0.952. The van der Waals surface area contributed by atoms with Gasteiger partial charge in [-0.1, -0.05) is 18.2 Å². The van der Waals surface area contributed by atoms with E-state index in [9.17, 15) is 14.4 Å². The zero-order chi connectivity index (χ0) is 21.0. The monoisotopic (exact) mass is 453 g/mol. The van der Waals surface area contributed by atoms with Crippen LogP contribution in [0.15, 0.2) is 65.3 Å². The van der Waals surface area contributed by atoms with Crippen LogP contribution in [0.2, 0.25) is 0 Å². The van der Waals surface area contributed by atoms with Gasteiger partial charge in [0.2, 0.25) is 5.78 Å². The molecule has 0 saturated carbocycles. The Labute approximate surface area is 175 Å². The number of hydrogen-bond donors (Lipinski definition) is 0. The highest BCUT2D eigenvalue weighted by Crippen LogP contribution is 2.22. The highest BCUT2D eigenvalue weighted by molar-refractivity contribution is 9.10. The molecule has 0 spiro atoms. The largest absolute Gasteiger partial charge is 0.497 e. The van der Waals surface area contributed by atoms with Crippen molar-refractivity contribution in [3.63, 3.8) is 0 Å². The topological polar surface area (TPSA) is 82.6 Å². The van der Waals surface area contributed by atoms with Crippen molar-refractivity contribution in [2.45, 2.75) is 0 Å². The van der Waals surface area contributed by atoms with Gasteiger partial charge in [-0.25, -0.2) is 4.79 Å². The predicted octanol–water partition coefficient (Wildman–Crippen LogP) is 4.10. The van der Waals surface area contributed by atoms with Gasteiger partial charge in [-0.3, -0.25) is 14.6 Å². The standard InChI is InChI=1S/C22H16BrNO5/c1-28-16-5-3-4-13(10-16)20(25)17-8-6-14(11-18(17)22(27)29-2)21(26)19-9-7-15(23)12-24-19/h3-12H,1-2H3. The molecule has 1 heterocycles. The summed E-state index contributed by atoms with van der Waals surface area (Å²) in [6.07, 6.45) is 1.51. The van der Waals surface area contributed by atoms with Gasteiger partial charge in [0.1, 0.15) is 11.4 Å². The number of nitrogens with zero attached hydrogens (tertiary/aromatic N) is 1. The van der Waals surface area contributed by atoms with Crippen molar-refractivity contribution >= 4 is 33.5 Å². The van der Waals surface area contributed by atoms with E-state index in [1.165, 1.54) is 38.6 Å². The number of carbonyl (C=O) groups excluding carboxylic acids is 3. The number of halogens is 1. The van der Waals surface area contributed by atoms with E-state index in [-0.39, 0.29) is 34.0 Å². The molecule has 0 N–H and O–H groups in total. The molecule has 0 unspecified atom stereocenters. The normalized spacial score (nSPS) is 10.3. The number of esters is 1. The van der Waals surface area contributed by atoms with Crippen molar-refractivity contribution in [2.24, 2.45) is 0 Å². The Balaban J connectivity index is 2.04. The SMILES string of the molecule is COC(=O)c1cc(C(=O)c2ccc(Br)cn2)ccc1C(=O)c1cccc(OC)c1. The van der Waals surface area contributed by atoms with Crippen LogP contribution in [-0.2, 0) is 4.74 Å². The van der Waals surface area contributed by atoms with Crippen molar-refractivity contribution in [3.05, 3.63) is 93.2 Å². The van der Waals surface area contributed by atoms with E-state index >= 15 is 0 Å². The molecule has 0 radical (unpaired) electrons. The maximum absolute atomic E-state index is 13.0. The van der Waals surface area contributed by atoms with E-state index in [0.717, 1.165) is 4.47 Å². The van der Waals surface area contributed by atoms with Gasteiger partial charge in [0.05, 0.1) is 19.8 Å². The molecule has 29 heavy (non-hydrogen) atoms. The third-order valence-corrected chi connectivity index (χ3v) is 4.69. The molecule has 0 aliphatic heterocycles. The molecule has 0 fully saturated rings. The fourth-order valence-corrected chi connectivity index (χ4v) is 2.97. The summed E-state index contributed by atoms with van der Waals surface area (Å²) in [6, 6.07) is 14.1.